The fourth-order valence-electron chi connectivity index (χ4n) is 0.978. The molecule has 0 aromatic rings. The summed E-state index contributed by atoms with van der Waals surface area (Å²) in [5.41, 5.74) is 0. The summed E-state index contributed by atoms with van der Waals surface area (Å²) in [4.78, 5) is 0. The molecule has 0 radical (unpaired) electrons. The van der Waals surface area contributed by atoms with E-state index in [0.29, 0.717) is 13.2 Å². The second kappa shape index (κ2) is 6.54. The van der Waals surface area contributed by atoms with Gasteiger partial charge in [0.1, 0.15) is 6.10 Å². The molecule has 1 saturated heterocycles. The van der Waals surface area contributed by atoms with Crippen molar-refractivity contribution in [3.05, 3.63) is 0 Å². The monoisotopic (exact) mass is 164 g/mol. The van der Waals surface area contributed by atoms with Gasteiger partial charge in [0, 0.05) is 20.8 Å². The minimum Gasteiger partial charge on any atom is -0.400 e. The van der Waals surface area contributed by atoms with E-state index < -0.39 is 6.10 Å². The van der Waals surface area contributed by atoms with Gasteiger partial charge in [0.05, 0.1) is 12.7 Å². The number of hydrogen-bond donors (Lipinski definition) is 2. The molecule has 0 aromatic heterocycles. The van der Waals surface area contributed by atoms with Gasteiger partial charge in [0.25, 0.3) is 0 Å². The molecule has 1 fully saturated rings. The molecule has 1 aliphatic rings. The van der Waals surface area contributed by atoms with Gasteiger partial charge in [-0.3, -0.25) is 0 Å². The Morgan fingerprint density at radius 1 is 1.45 bits per heavy atom. The molecule has 2 N–H and O–H groups in total. The molecular formula is C7H16O4. The number of hydrogen-bond acceptors (Lipinski definition) is 4. The van der Waals surface area contributed by atoms with Crippen LogP contribution < -0.4 is 0 Å². The van der Waals surface area contributed by atoms with Crippen molar-refractivity contribution in [1.29, 1.82) is 0 Å². The molecule has 11 heavy (non-hydrogen) atoms. The Balaban J connectivity index is 0.000000461. The molecule has 0 amide bonds. The van der Waals surface area contributed by atoms with Crippen LogP contribution in [0.3, 0.4) is 0 Å². The van der Waals surface area contributed by atoms with E-state index in [1.165, 1.54) is 0 Å². The third-order valence-electron chi connectivity index (χ3n) is 1.57. The Morgan fingerprint density at radius 3 is 2.45 bits per heavy atom. The highest BCUT2D eigenvalue weighted by Gasteiger charge is 2.22. The maximum absolute atomic E-state index is 9.12. The molecule has 2 atom stereocenters. The smallest absolute Gasteiger partial charge is 0.103 e. The second-order valence-corrected chi connectivity index (χ2v) is 2.21. The van der Waals surface area contributed by atoms with E-state index in [9.17, 15) is 0 Å². The van der Waals surface area contributed by atoms with Crippen LogP contribution >= 0.6 is 0 Å². The summed E-state index contributed by atoms with van der Waals surface area (Å²) in [6.07, 6.45) is 0.361. The molecular weight excluding hydrogens is 148 g/mol. The van der Waals surface area contributed by atoms with Crippen LogP contribution in [0, 0.1) is 0 Å². The number of aliphatic hydroxyl groups excluding tert-OH is 2. The van der Waals surface area contributed by atoms with E-state index in [2.05, 4.69) is 0 Å². The van der Waals surface area contributed by atoms with Gasteiger partial charge in [-0.25, -0.2) is 0 Å². The molecule has 0 spiro atoms. The highest BCUT2D eigenvalue weighted by atomic mass is 16.5. The van der Waals surface area contributed by atoms with Gasteiger partial charge < -0.3 is 19.7 Å². The zero-order valence-electron chi connectivity index (χ0n) is 6.99. The topological polar surface area (TPSA) is 58.9 Å². The molecule has 1 aliphatic heterocycles. The summed E-state index contributed by atoms with van der Waals surface area (Å²) >= 11 is 0. The lowest BCUT2D eigenvalue weighted by atomic mass is 10.1. The summed E-state index contributed by atoms with van der Waals surface area (Å²) in [7, 11) is 2.61. The first-order valence-corrected chi connectivity index (χ1v) is 3.58. The van der Waals surface area contributed by atoms with Crippen molar-refractivity contribution in [2.24, 2.45) is 0 Å². The molecule has 4 nitrogen and oxygen atoms in total. The van der Waals surface area contributed by atoms with Gasteiger partial charge >= 0.3 is 0 Å². The number of rotatable bonds is 1. The molecule has 0 aliphatic carbocycles. The SMILES string of the molecule is CO.COC1CCOCC1O. The fraction of sp³-hybridized carbons (Fsp3) is 1.00. The highest BCUT2D eigenvalue weighted by molar-refractivity contribution is 4.71. The van der Waals surface area contributed by atoms with E-state index in [1.54, 1.807) is 7.11 Å². The summed E-state index contributed by atoms with van der Waals surface area (Å²) in [6, 6.07) is 0. The van der Waals surface area contributed by atoms with Crippen molar-refractivity contribution >= 4 is 0 Å². The van der Waals surface area contributed by atoms with Crippen molar-refractivity contribution in [1.82, 2.24) is 0 Å². The van der Waals surface area contributed by atoms with Crippen LogP contribution in [-0.2, 0) is 9.47 Å². The van der Waals surface area contributed by atoms with Crippen molar-refractivity contribution in [3.63, 3.8) is 0 Å². The Morgan fingerprint density at radius 2 is 2.09 bits per heavy atom. The first kappa shape index (κ1) is 10.8. The predicted molar refractivity (Wildman–Crippen MR) is 40.4 cm³/mol. The van der Waals surface area contributed by atoms with E-state index in [4.69, 9.17) is 19.7 Å². The van der Waals surface area contributed by atoms with Gasteiger partial charge in [-0.15, -0.1) is 0 Å². The number of methoxy groups -OCH3 is 1. The number of ether oxygens (including phenoxy) is 2. The zero-order valence-corrected chi connectivity index (χ0v) is 6.99. The Bertz CT molecular complexity index is 86.5. The molecule has 0 bridgehead atoms. The van der Waals surface area contributed by atoms with E-state index in [0.717, 1.165) is 13.5 Å². The molecule has 68 valence electrons. The van der Waals surface area contributed by atoms with E-state index in [-0.39, 0.29) is 6.10 Å². The van der Waals surface area contributed by atoms with Crippen molar-refractivity contribution in [2.45, 2.75) is 18.6 Å². The van der Waals surface area contributed by atoms with Crippen molar-refractivity contribution in [3.8, 4) is 0 Å². The normalized spacial score (nSPS) is 30.5. The lowest BCUT2D eigenvalue weighted by Gasteiger charge is -2.25. The molecule has 1 heterocycles. The average molecular weight is 164 g/mol. The molecule has 4 heteroatoms. The minimum absolute atomic E-state index is 0.0150. The van der Waals surface area contributed by atoms with Crippen LogP contribution in [0.15, 0.2) is 0 Å². The van der Waals surface area contributed by atoms with Gasteiger partial charge in [-0.2, -0.15) is 0 Å². The molecule has 2 unspecified atom stereocenters. The van der Waals surface area contributed by atoms with Gasteiger partial charge in [0.2, 0.25) is 0 Å². The second-order valence-electron chi connectivity index (χ2n) is 2.21. The predicted octanol–water partition coefficient (Wildman–Crippen LogP) is -0.609. The lowest BCUT2D eigenvalue weighted by molar-refractivity contribution is -0.100. The molecule has 0 saturated carbocycles. The third-order valence-corrected chi connectivity index (χ3v) is 1.57. The van der Waals surface area contributed by atoms with E-state index >= 15 is 0 Å². The van der Waals surface area contributed by atoms with Crippen LogP contribution in [0.2, 0.25) is 0 Å². The van der Waals surface area contributed by atoms with Crippen LogP contribution in [0.5, 0.6) is 0 Å². The molecule has 0 aromatic carbocycles. The fourth-order valence-corrected chi connectivity index (χ4v) is 0.978. The first-order chi connectivity index (χ1) is 5.34. The van der Waals surface area contributed by atoms with Gasteiger partial charge in [-0.05, 0) is 6.42 Å². The van der Waals surface area contributed by atoms with Gasteiger partial charge in [-0.1, -0.05) is 0 Å². The van der Waals surface area contributed by atoms with Crippen LogP contribution in [0.25, 0.3) is 0 Å². The van der Waals surface area contributed by atoms with Crippen LogP contribution in [0.1, 0.15) is 6.42 Å². The zero-order chi connectivity index (χ0) is 8.69. The summed E-state index contributed by atoms with van der Waals surface area (Å²) in [5, 5.41) is 16.1. The van der Waals surface area contributed by atoms with Crippen molar-refractivity contribution < 1.29 is 19.7 Å². The third kappa shape index (κ3) is 3.67. The number of aliphatic hydroxyl groups is 2. The standard InChI is InChI=1S/C6H12O3.CH4O/c1-8-6-2-3-9-4-5(6)7;1-2/h5-7H,2-4H2,1H3;2H,1H3. The maximum Gasteiger partial charge on any atom is 0.103 e. The van der Waals surface area contributed by atoms with Crippen LogP contribution in [-0.4, -0.2) is 49.9 Å². The maximum atomic E-state index is 9.12. The summed E-state index contributed by atoms with van der Waals surface area (Å²) < 4.78 is 9.96. The largest absolute Gasteiger partial charge is 0.400 e. The Kier molecular flexibility index (Phi) is 6.45. The summed E-state index contributed by atoms with van der Waals surface area (Å²) in [6.45, 7) is 1.12. The average Bonchev–Trinajstić information content (AvgIpc) is 2.09. The molecule has 1 rings (SSSR count). The van der Waals surface area contributed by atoms with Crippen molar-refractivity contribution in [2.75, 3.05) is 27.4 Å². The quantitative estimate of drug-likeness (QED) is 0.543. The Hall–Kier alpha value is -0.160. The minimum atomic E-state index is -0.427. The first-order valence-electron chi connectivity index (χ1n) is 3.58. The van der Waals surface area contributed by atoms with E-state index in [1.807, 2.05) is 0 Å². The Labute approximate surface area is 66.7 Å². The van der Waals surface area contributed by atoms with Gasteiger partial charge in [0.15, 0.2) is 0 Å². The summed E-state index contributed by atoms with van der Waals surface area (Å²) in [5.74, 6) is 0. The lowest BCUT2D eigenvalue weighted by Crippen LogP contribution is -2.37. The highest BCUT2D eigenvalue weighted by Crippen LogP contribution is 2.09. The van der Waals surface area contributed by atoms with Crippen LogP contribution in [0.4, 0.5) is 0 Å².